The predicted octanol–water partition coefficient (Wildman–Crippen LogP) is 8.67. The number of hydrogen-bond donors (Lipinski definition) is 1. The maximum atomic E-state index is 12.9. The molecule has 0 aliphatic rings. The van der Waals surface area contributed by atoms with Gasteiger partial charge < -0.3 is 19.5 Å². The van der Waals surface area contributed by atoms with Gasteiger partial charge >= 0.3 is 12.2 Å². The fourth-order valence-electron chi connectivity index (χ4n) is 4.99. The molecule has 0 unspecified atom stereocenters. The van der Waals surface area contributed by atoms with Gasteiger partial charge in [0.1, 0.15) is 27.3 Å². The van der Waals surface area contributed by atoms with Crippen molar-refractivity contribution in [3.63, 3.8) is 0 Å². The second-order valence-corrected chi connectivity index (χ2v) is 14.2. The quantitative estimate of drug-likeness (QED) is 0.159. The van der Waals surface area contributed by atoms with Gasteiger partial charge in [0.2, 0.25) is 0 Å². The molecule has 0 radical (unpaired) electrons. The lowest BCUT2D eigenvalue weighted by molar-refractivity contribution is 0.0484. The third-order valence-corrected chi connectivity index (χ3v) is 7.72. The zero-order valence-corrected chi connectivity index (χ0v) is 29.6. The molecular weight excluding hydrogens is 707 g/mol. The molecule has 0 spiro atoms. The highest BCUT2D eigenvalue weighted by Crippen LogP contribution is 2.35. The lowest BCUT2D eigenvalue weighted by Crippen LogP contribution is -2.43. The molecule has 0 saturated heterocycles. The molecule has 0 saturated carbocycles. The molecule has 2 aromatic heterocycles. The minimum Gasteiger partial charge on any atom is -0.490 e. The normalized spacial score (nSPS) is 12.4. The number of fused-ring (bicyclic) bond motifs is 1. The minimum absolute atomic E-state index is 0.194. The number of amides is 1. The van der Waals surface area contributed by atoms with E-state index in [9.17, 15) is 9.59 Å². The number of alkyl carbamates (subject to hydrolysis) is 1. The lowest BCUT2D eigenvalue weighted by Gasteiger charge is -2.24. The highest BCUT2D eigenvalue weighted by Gasteiger charge is 2.23. The largest absolute Gasteiger partial charge is 0.490 e. The Morgan fingerprint density at radius 3 is 2.17 bits per heavy atom. The Labute approximate surface area is 288 Å². The van der Waals surface area contributed by atoms with Gasteiger partial charge in [-0.2, -0.15) is 9.78 Å². The van der Waals surface area contributed by atoms with Crippen LogP contribution in [-0.4, -0.2) is 50.8 Å². The maximum absolute atomic E-state index is 12.9. The van der Waals surface area contributed by atoms with Crippen molar-refractivity contribution in [1.29, 1.82) is 0 Å². The highest BCUT2D eigenvalue weighted by atomic mass is 127. The van der Waals surface area contributed by atoms with Gasteiger partial charge in [0.15, 0.2) is 0 Å². The average Bonchev–Trinajstić information content (AvgIpc) is 3.34. The Balaban J connectivity index is 1.47. The van der Waals surface area contributed by atoms with Crippen molar-refractivity contribution in [3.05, 3.63) is 100 Å². The molecule has 47 heavy (non-hydrogen) atoms. The predicted molar refractivity (Wildman–Crippen MR) is 192 cm³/mol. The number of nitrogens with zero attached hydrogens (tertiary/aromatic N) is 3. The molecule has 1 atom stereocenters. The number of ether oxygens (including phenoxy) is 3. The first-order valence-electron chi connectivity index (χ1n) is 15.4. The smallest absolute Gasteiger partial charge is 0.435 e. The summed E-state index contributed by atoms with van der Waals surface area (Å²) in [7, 11) is 0. The second-order valence-electron chi connectivity index (χ2n) is 13.2. The summed E-state index contributed by atoms with van der Waals surface area (Å²) in [6, 6.07) is 27.2. The van der Waals surface area contributed by atoms with Crippen LogP contribution in [0.15, 0.2) is 91.1 Å². The maximum Gasteiger partial charge on any atom is 0.435 e. The van der Waals surface area contributed by atoms with Crippen LogP contribution in [0.2, 0.25) is 0 Å². The van der Waals surface area contributed by atoms with Crippen LogP contribution in [0, 0.1) is 3.70 Å². The molecule has 244 valence electrons. The van der Waals surface area contributed by atoms with Gasteiger partial charge in [-0.15, -0.1) is 0 Å². The zero-order valence-electron chi connectivity index (χ0n) is 27.4. The summed E-state index contributed by atoms with van der Waals surface area (Å²) in [5, 5.41) is 8.26. The Morgan fingerprint density at radius 1 is 0.851 bits per heavy atom. The zero-order chi connectivity index (χ0) is 33.8. The van der Waals surface area contributed by atoms with E-state index in [-0.39, 0.29) is 12.6 Å². The molecule has 0 aliphatic carbocycles. The van der Waals surface area contributed by atoms with Crippen molar-refractivity contribution >= 4 is 45.7 Å². The van der Waals surface area contributed by atoms with Crippen molar-refractivity contribution in [3.8, 4) is 28.1 Å². The number of carbonyl (C=O) groups excluding carboxylic acids is 2. The van der Waals surface area contributed by atoms with E-state index in [1.54, 1.807) is 6.20 Å². The van der Waals surface area contributed by atoms with E-state index in [0.717, 1.165) is 33.3 Å². The fraction of sp³-hybridized carbons (Fsp3) is 0.297. The van der Waals surface area contributed by atoms with E-state index in [2.05, 4.69) is 33.0 Å². The third kappa shape index (κ3) is 9.09. The Bertz CT molecular complexity index is 1860. The van der Waals surface area contributed by atoms with Gasteiger partial charge in [-0.3, -0.25) is 4.98 Å². The first-order chi connectivity index (χ1) is 22.3. The Morgan fingerprint density at radius 2 is 1.51 bits per heavy atom. The number of pyridine rings is 1. The summed E-state index contributed by atoms with van der Waals surface area (Å²) in [6.45, 7) is 11.2. The molecule has 1 amide bonds. The molecular formula is C37H39IN4O5. The molecule has 0 fully saturated rings. The lowest BCUT2D eigenvalue weighted by atomic mass is 9.98. The average molecular weight is 747 g/mol. The first kappa shape index (κ1) is 33.9. The van der Waals surface area contributed by atoms with Crippen molar-refractivity contribution in [2.45, 2.75) is 65.2 Å². The van der Waals surface area contributed by atoms with Crippen LogP contribution in [-0.2, 0) is 15.9 Å². The van der Waals surface area contributed by atoms with Crippen LogP contribution in [0.1, 0.15) is 47.1 Å². The van der Waals surface area contributed by atoms with Gasteiger partial charge in [0.25, 0.3) is 0 Å². The van der Waals surface area contributed by atoms with Gasteiger partial charge in [-0.25, -0.2) is 9.59 Å². The summed E-state index contributed by atoms with van der Waals surface area (Å²) < 4.78 is 19.4. The summed E-state index contributed by atoms with van der Waals surface area (Å²) in [5.74, 6) is 0.544. The number of nitrogens with one attached hydrogen (secondary N) is 1. The number of halogens is 1. The van der Waals surface area contributed by atoms with Crippen LogP contribution in [0.3, 0.4) is 0 Å². The van der Waals surface area contributed by atoms with Crippen LogP contribution >= 0.6 is 22.6 Å². The molecule has 9 nitrogen and oxygen atoms in total. The fourth-order valence-corrected chi connectivity index (χ4v) is 5.63. The third-order valence-electron chi connectivity index (χ3n) is 6.92. The van der Waals surface area contributed by atoms with Crippen molar-refractivity contribution in [2.75, 3.05) is 6.61 Å². The van der Waals surface area contributed by atoms with Crippen LogP contribution in [0.4, 0.5) is 9.59 Å². The van der Waals surface area contributed by atoms with Gasteiger partial charge in [0, 0.05) is 16.5 Å². The summed E-state index contributed by atoms with van der Waals surface area (Å²) in [6.07, 6.45) is 1.21. The van der Waals surface area contributed by atoms with E-state index >= 15 is 0 Å². The molecule has 5 rings (SSSR count). The second kappa shape index (κ2) is 14.1. The Kier molecular flexibility index (Phi) is 10.2. The molecule has 0 bridgehead atoms. The standard InChI is InChI=1S/C37H39IN4O5/c1-36(2,3)46-34(43)40-27(19-24-13-9-7-10-14-24)23-45-28-21-29(32(39-22-28)25-15-11-8-12-16-25)26-17-18-31-30(20-26)33(38)41-42(31)35(44)47-37(4,5)6/h7-18,20-22,27H,19,23H2,1-6H3,(H,40,43)/t27-/m0/s1. The number of carbonyl (C=O) groups is 2. The van der Waals surface area contributed by atoms with E-state index in [1.165, 1.54) is 4.68 Å². The van der Waals surface area contributed by atoms with Crippen LogP contribution in [0.5, 0.6) is 5.75 Å². The van der Waals surface area contributed by atoms with Crippen molar-refractivity contribution < 1.29 is 23.8 Å². The van der Waals surface area contributed by atoms with Crippen LogP contribution < -0.4 is 10.1 Å². The number of rotatable bonds is 8. The van der Waals surface area contributed by atoms with Crippen molar-refractivity contribution in [2.24, 2.45) is 0 Å². The number of benzene rings is 3. The molecule has 2 heterocycles. The monoisotopic (exact) mass is 746 g/mol. The molecule has 1 N–H and O–H groups in total. The van der Waals surface area contributed by atoms with Gasteiger partial charge in [-0.05, 0) is 99.9 Å². The van der Waals surface area contributed by atoms with Gasteiger partial charge in [-0.1, -0.05) is 66.7 Å². The number of hydrogen-bond acceptors (Lipinski definition) is 7. The van der Waals surface area contributed by atoms with Crippen molar-refractivity contribution in [1.82, 2.24) is 20.1 Å². The number of aromatic nitrogens is 3. The topological polar surface area (TPSA) is 105 Å². The highest BCUT2D eigenvalue weighted by molar-refractivity contribution is 14.1. The van der Waals surface area contributed by atoms with Crippen LogP contribution in [0.25, 0.3) is 33.3 Å². The molecule has 10 heteroatoms. The SMILES string of the molecule is CC(C)(C)OC(=O)N[C@H](COc1cnc(-c2ccccc2)c(-c2ccc3c(c2)c(I)nn3C(=O)OC(C)(C)C)c1)Cc1ccccc1. The van der Waals surface area contributed by atoms with E-state index in [4.69, 9.17) is 19.2 Å². The van der Waals surface area contributed by atoms with Gasteiger partial charge in [0.05, 0.1) is 23.4 Å². The molecule has 0 aliphatic heterocycles. The summed E-state index contributed by atoms with van der Waals surface area (Å²) in [5.41, 5.74) is 3.87. The first-order valence-corrected chi connectivity index (χ1v) is 16.5. The van der Waals surface area contributed by atoms with E-state index < -0.39 is 23.4 Å². The molecule has 3 aromatic carbocycles. The Hall–Kier alpha value is -4.45. The summed E-state index contributed by atoms with van der Waals surface area (Å²) >= 11 is 2.13. The summed E-state index contributed by atoms with van der Waals surface area (Å²) in [4.78, 5) is 30.5. The van der Waals surface area contributed by atoms with E-state index in [1.807, 2.05) is 126 Å². The molecule has 5 aromatic rings. The van der Waals surface area contributed by atoms with E-state index in [0.29, 0.717) is 21.4 Å². The minimum atomic E-state index is -0.653.